The fraction of sp³-hybridized carbons (Fsp3) is 0.0800. The van der Waals surface area contributed by atoms with Gasteiger partial charge in [0, 0.05) is 15.7 Å². The first-order valence-electron chi connectivity index (χ1n) is 10.2. The van der Waals surface area contributed by atoms with Crippen LogP contribution >= 0.6 is 35.0 Å². The van der Waals surface area contributed by atoms with Crippen molar-refractivity contribution in [2.24, 2.45) is 0 Å². The number of halogens is 2. The Morgan fingerprint density at radius 2 is 1.65 bits per heavy atom. The van der Waals surface area contributed by atoms with Crippen molar-refractivity contribution in [3.05, 3.63) is 98.9 Å². The van der Waals surface area contributed by atoms with E-state index in [-0.39, 0.29) is 11.4 Å². The fourth-order valence-corrected chi connectivity index (χ4v) is 4.20. The SMILES string of the molecule is O=C(CN1C(=O)S/C(=C/c2cccc(OCc3ccc(Cl)cc3)c2)C1=O)Nc1ccc(Cl)cc1. The predicted octanol–water partition coefficient (Wildman–Crippen LogP) is 6.25. The van der Waals surface area contributed by atoms with Gasteiger partial charge in [-0.2, -0.15) is 0 Å². The van der Waals surface area contributed by atoms with E-state index in [0.717, 1.165) is 22.2 Å². The average Bonchev–Trinajstić information content (AvgIpc) is 3.08. The Bertz CT molecular complexity index is 1260. The van der Waals surface area contributed by atoms with Gasteiger partial charge in [-0.1, -0.05) is 47.5 Å². The Kier molecular flexibility index (Phi) is 7.57. The molecule has 0 atom stereocenters. The van der Waals surface area contributed by atoms with E-state index in [0.29, 0.717) is 33.7 Å². The summed E-state index contributed by atoms with van der Waals surface area (Å²) in [4.78, 5) is 38.6. The molecule has 0 aliphatic carbocycles. The van der Waals surface area contributed by atoms with Crippen LogP contribution in [0.25, 0.3) is 6.08 Å². The molecule has 4 rings (SSSR count). The third-order valence-electron chi connectivity index (χ3n) is 4.78. The molecule has 0 radical (unpaired) electrons. The monoisotopic (exact) mass is 512 g/mol. The highest BCUT2D eigenvalue weighted by atomic mass is 35.5. The van der Waals surface area contributed by atoms with Gasteiger partial charge in [0.25, 0.3) is 11.1 Å². The number of thioether (sulfide) groups is 1. The van der Waals surface area contributed by atoms with Crippen LogP contribution in [0, 0.1) is 0 Å². The van der Waals surface area contributed by atoms with Gasteiger partial charge in [-0.25, -0.2) is 0 Å². The molecule has 1 N–H and O–H groups in total. The minimum absolute atomic E-state index is 0.235. The van der Waals surface area contributed by atoms with E-state index < -0.39 is 17.1 Å². The summed E-state index contributed by atoms with van der Waals surface area (Å²) in [6.45, 7) is -0.0191. The zero-order valence-electron chi connectivity index (χ0n) is 17.7. The van der Waals surface area contributed by atoms with Crippen molar-refractivity contribution < 1.29 is 19.1 Å². The van der Waals surface area contributed by atoms with Crippen LogP contribution in [0.2, 0.25) is 10.0 Å². The predicted molar refractivity (Wildman–Crippen MR) is 135 cm³/mol. The molecule has 34 heavy (non-hydrogen) atoms. The summed E-state index contributed by atoms with van der Waals surface area (Å²) in [6.07, 6.45) is 1.61. The molecule has 0 bridgehead atoms. The summed E-state index contributed by atoms with van der Waals surface area (Å²) in [5, 5.41) is 3.33. The lowest BCUT2D eigenvalue weighted by atomic mass is 10.2. The Hall–Kier alpha value is -3.26. The molecule has 0 spiro atoms. The molecule has 172 valence electrons. The van der Waals surface area contributed by atoms with Gasteiger partial charge in [-0.05, 0) is 77.5 Å². The van der Waals surface area contributed by atoms with Crippen molar-refractivity contribution in [2.45, 2.75) is 6.61 Å². The van der Waals surface area contributed by atoms with Gasteiger partial charge >= 0.3 is 0 Å². The van der Waals surface area contributed by atoms with E-state index in [2.05, 4.69) is 5.32 Å². The largest absolute Gasteiger partial charge is 0.489 e. The standard InChI is InChI=1S/C25H18Cl2N2O4S/c26-18-6-4-16(5-7-18)15-33-21-3-1-2-17(12-21)13-22-24(31)29(25(32)34-22)14-23(30)28-20-10-8-19(27)9-11-20/h1-13H,14-15H2,(H,28,30)/b22-13+. The molecule has 0 saturated carbocycles. The topological polar surface area (TPSA) is 75.7 Å². The summed E-state index contributed by atoms with van der Waals surface area (Å²) in [7, 11) is 0. The molecule has 1 aliphatic heterocycles. The number of rotatable bonds is 7. The first kappa shape index (κ1) is 23.9. The highest BCUT2D eigenvalue weighted by Gasteiger charge is 2.36. The second kappa shape index (κ2) is 10.8. The van der Waals surface area contributed by atoms with Crippen LogP contribution in [0.3, 0.4) is 0 Å². The van der Waals surface area contributed by atoms with Crippen molar-refractivity contribution in [3.8, 4) is 5.75 Å². The van der Waals surface area contributed by atoms with Gasteiger partial charge in [-0.15, -0.1) is 0 Å². The number of benzene rings is 3. The van der Waals surface area contributed by atoms with E-state index in [1.807, 2.05) is 12.1 Å². The van der Waals surface area contributed by atoms with E-state index in [9.17, 15) is 14.4 Å². The Labute approximate surface area is 210 Å². The zero-order chi connectivity index (χ0) is 24.1. The number of imide groups is 1. The highest BCUT2D eigenvalue weighted by molar-refractivity contribution is 8.18. The molecule has 0 aromatic heterocycles. The van der Waals surface area contributed by atoms with Gasteiger partial charge in [0.2, 0.25) is 5.91 Å². The normalized spacial score (nSPS) is 14.5. The lowest BCUT2D eigenvalue weighted by Gasteiger charge is -2.12. The van der Waals surface area contributed by atoms with Gasteiger partial charge < -0.3 is 10.1 Å². The van der Waals surface area contributed by atoms with Gasteiger partial charge in [0.1, 0.15) is 18.9 Å². The second-order valence-electron chi connectivity index (χ2n) is 7.31. The van der Waals surface area contributed by atoms with E-state index in [1.54, 1.807) is 66.7 Å². The Morgan fingerprint density at radius 1 is 0.971 bits per heavy atom. The lowest BCUT2D eigenvalue weighted by Crippen LogP contribution is -2.36. The Balaban J connectivity index is 1.39. The third-order valence-corrected chi connectivity index (χ3v) is 6.19. The number of amides is 3. The molecular weight excluding hydrogens is 495 g/mol. The molecule has 0 unspecified atom stereocenters. The number of anilines is 1. The molecule has 3 aromatic carbocycles. The van der Waals surface area contributed by atoms with E-state index in [1.165, 1.54) is 0 Å². The van der Waals surface area contributed by atoms with Crippen LogP contribution < -0.4 is 10.1 Å². The van der Waals surface area contributed by atoms with Crippen LogP contribution in [0.1, 0.15) is 11.1 Å². The van der Waals surface area contributed by atoms with Gasteiger partial charge in [-0.3, -0.25) is 19.3 Å². The smallest absolute Gasteiger partial charge is 0.294 e. The maximum absolute atomic E-state index is 12.8. The molecule has 1 saturated heterocycles. The molecule has 1 fully saturated rings. The van der Waals surface area contributed by atoms with Crippen molar-refractivity contribution in [2.75, 3.05) is 11.9 Å². The maximum atomic E-state index is 12.8. The van der Waals surface area contributed by atoms with Crippen LogP contribution in [0.15, 0.2) is 77.7 Å². The first-order chi connectivity index (χ1) is 16.4. The molecule has 9 heteroatoms. The molecule has 1 heterocycles. The minimum Gasteiger partial charge on any atom is -0.489 e. The van der Waals surface area contributed by atoms with E-state index in [4.69, 9.17) is 27.9 Å². The van der Waals surface area contributed by atoms with Crippen molar-refractivity contribution >= 4 is 63.8 Å². The van der Waals surface area contributed by atoms with Crippen LogP contribution in [0.5, 0.6) is 5.75 Å². The van der Waals surface area contributed by atoms with Crippen molar-refractivity contribution in [3.63, 3.8) is 0 Å². The summed E-state index contributed by atoms with van der Waals surface area (Å²) >= 11 is 12.5. The number of carbonyl (C=O) groups excluding carboxylic acids is 3. The molecule has 3 aromatic rings. The number of ether oxygens (including phenoxy) is 1. The number of carbonyl (C=O) groups is 3. The van der Waals surface area contributed by atoms with Gasteiger partial charge in [0.05, 0.1) is 4.91 Å². The Morgan fingerprint density at radius 3 is 2.35 bits per heavy atom. The third kappa shape index (κ3) is 6.20. The number of hydrogen-bond donors (Lipinski definition) is 1. The van der Waals surface area contributed by atoms with Crippen molar-refractivity contribution in [1.29, 1.82) is 0 Å². The number of nitrogens with one attached hydrogen (secondary N) is 1. The summed E-state index contributed by atoms with van der Waals surface area (Å²) < 4.78 is 5.82. The molecular formula is C25H18Cl2N2O4S. The second-order valence-corrected chi connectivity index (χ2v) is 9.18. The number of nitrogens with zero attached hydrogens (tertiary/aromatic N) is 1. The summed E-state index contributed by atoms with van der Waals surface area (Å²) in [5.41, 5.74) is 2.19. The van der Waals surface area contributed by atoms with Crippen LogP contribution in [-0.2, 0) is 16.2 Å². The van der Waals surface area contributed by atoms with Gasteiger partial charge in [0.15, 0.2) is 0 Å². The van der Waals surface area contributed by atoms with Crippen LogP contribution in [0.4, 0.5) is 10.5 Å². The van der Waals surface area contributed by atoms with E-state index >= 15 is 0 Å². The highest BCUT2D eigenvalue weighted by Crippen LogP contribution is 2.32. The quantitative estimate of drug-likeness (QED) is 0.378. The fourth-order valence-electron chi connectivity index (χ4n) is 3.11. The maximum Gasteiger partial charge on any atom is 0.294 e. The lowest BCUT2D eigenvalue weighted by molar-refractivity contribution is -0.127. The van der Waals surface area contributed by atoms with Crippen LogP contribution in [-0.4, -0.2) is 28.5 Å². The molecule has 1 aliphatic rings. The van der Waals surface area contributed by atoms with Crippen molar-refractivity contribution in [1.82, 2.24) is 4.90 Å². The molecule has 6 nitrogen and oxygen atoms in total. The summed E-state index contributed by atoms with van der Waals surface area (Å²) in [6, 6.07) is 21.1. The summed E-state index contributed by atoms with van der Waals surface area (Å²) in [5.74, 6) is -0.387. The first-order valence-corrected chi connectivity index (χ1v) is 11.7. The zero-order valence-corrected chi connectivity index (χ0v) is 20.0. The average molecular weight is 513 g/mol. The minimum atomic E-state index is -0.520. The molecule has 3 amide bonds. The number of hydrogen-bond acceptors (Lipinski definition) is 5.